The van der Waals surface area contributed by atoms with Crippen molar-refractivity contribution >= 4 is 17.7 Å². The van der Waals surface area contributed by atoms with Gasteiger partial charge in [-0.25, -0.2) is 0 Å². The fourth-order valence-corrected chi connectivity index (χ4v) is 3.48. The number of aromatic nitrogens is 2. The summed E-state index contributed by atoms with van der Waals surface area (Å²) in [5.74, 6) is 3.28. The molecule has 1 aliphatic carbocycles. The highest BCUT2D eigenvalue weighted by Crippen LogP contribution is 2.39. The van der Waals surface area contributed by atoms with E-state index in [2.05, 4.69) is 10.1 Å². The molecule has 0 bridgehead atoms. The molecule has 6 nitrogen and oxygen atoms in total. The number of nitrogens with zero attached hydrogens (tertiary/aromatic N) is 3. The molecule has 1 amide bonds. The number of thioether (sulfide) groups is 1. The molecule has 1 saturated heterocycles. The number of amides is 1. The maximum Gasteiger partial charge on any atom is 0.251 e. The predicted octanol–water partition coefficient (Wildman–Crippen LogP) is 1.84. The number of aliphatic hydroxyl groups is 1. The van der Waals surface area contributed by atoms with Crippen LogP contribution in [0.2, 0.25) is 0 Å². The predicted molar refractivity (Wildman–Crippen MR) is 88.3 cm³/mol. The van der Waals surface area contributed by atoms with Gasteiger partial charge in [0.05, 0.1) is 0 Å². The Hall–Kier alpha value is -1.08. The SMILES string of the molecule is CSCC[C@H](O)C(=O)N1CCC(Cc2noc(C3CC3)n2)CC1. The molecule has 1 aromatic heterocycles. The Bertz CT molecular complexity index is 524. The molecule has 1 aliphatic heterocycles. The fourth-order valence-electron chi connectivity index (χ4n) is 3.03. The Morgan fingerprint density at radius 3 is 2.78 bits per heavy atom. The van der Waals surface area contributed by atoms with Gasteiger partial charge in [0.2, 0.25) is 5.89 Å². The number of rotatable bonds is 7. The summed E-state index contributed by atoms with van der Waals surface area (Å²) in [4.78, 5) is 18.5. The summed E-state index contributed by atoms with van der Waals surface area (Å²) < 4.78 is 5.30. The molecule has 1 saturated carbocycles. The van der Waals surface area contributed by atoms with E-state index in [-0.39, 0.29) is 5.91 Å². The van der Waals surface area contributed by atoms with E-state index < -0.39 is 6.10 Å². The van der Waals surface area contributed by atoms with Crippen molar-refractivity contribution in [3.05, 3.63) is 11.7 Å². The third-order valence-corrected chi connectivity index (χ3v) is 5.33. The highest BCUT2D eigenvalue weighted by Gasteiger charge is 2.31. The van der Waals surface area contributed by atoms with Crippen LogP contribution in [0.25, 0.3) is 0 Å². The Morgan fingerprint density at radius 2 is 2.13 bits per heavy atom. The highest BCUT2D eigenvalue weighted by molar-refractivity contribution is 7.98. The molecule has 0 unspecified atom stereocenters. The van der Waals surface area contributed by atoms with E-state index in [0.717, 1.165) is 36.7 Å². The standard InChI is InChI=1S/C16H25N3O3S/c1-23-9-6-13(20)16(21)19-7-4-11(5-8-19)10-14-17-15(22-18-14)12-2-3-12/h11-13,20H,2-10H2,1H3/t13-/m0/s1. The molecular formula is C16H25N3O3S. The molecule has 3 rings (SSSR count). The number of piperidine rings is 1. The smallest absolute Gasteiger partial charge is 0.251 e. The summed E-state index contributed by atoms with van der Waals surface area (Å²) in [6.45, 7) is 1.43. The number of carbonyl (C=O) groups excluding carboxylic acids is 1. The van der Waals surface area contributed by atoms with Crippen LogP contribution in [0.15, 0.2) is 4.52 Å². The molecule has 1 atom stereocenters. The van der Waals surface area contributed by atoms with Crippen molar-refractivity contribution < 1.29 is 14.4 Å². The third kappa shape index (κ3) is 4.47. The molecule has 2 heterocycles. The first-order chi connectivity index (χ1) is 11.2. The lowest BCUT2D eigenvalue weighted by Gasteiger charge is -2.32. The topological polar surface area (TPSA) is 79.5 Å². The minimum absolute atomic E-state index is 0.118. The van der Waals surface area contributed by atoms with Crippen LogP contribution in [-0.4, -0.2) is 57.3 Å². The van der Waals surface area contributed by atoms with Gasteiger partial charge in [-0.15, -0.1) is 0 Å². The van der Waals surface area contributed by atoms with Crippen molar-refractivity contribution in [3.8, 4) is 0 Å². The molecular weight excluding hydrogens is 314 g/mol. The van der Waals surface area contributed by atoms with Crippen molar-refractivity contribution in [2.24, 2.45) is 5.92 Å². The monoisotopic (exact) mass is 339 g/mol. The minimum atomic E-state index is -0.850. The minimum Gasteiger partial charge on any atom is -0.383 e. The highest BCUT2D eigenvalue weighted by atomic mass is 32.2. The van der Waals surface area contributed by atoms with Crippen LogP contribution in [-0.2, 0) is 11.2 Å². The van der Waals surface area contributed by atoms with Crippen LogP contribution >= 0.6 is 11.8 Å². The van der Waals surface area contributed by atoms with Crippen LogP contribution < -0.4 is 0 Å². The summed E-state index contributed by atoms with van der Waals surface area (Å²) in [5, 5.41) is 14.0. The van der Waals surface area contributed by atoms with Gasteiger partial charge in [-0.1, -0.05) is 5.16 Å². The molecule has 0 aromatic carbocycles. The van der Waals surface area contributed by atoms with Gasteiger partial charge in [0.15, 0.2) is 5.82 Å². The number of hydrogen-bond acceptors (Lipinski definition) is 6. The van der Waals surface area contributed by atoms with Crippen molar-refractivity contribution in [3.63, 3.8) is 0 Å². The van der Waals surface area contributed by atoms with Crippen molar-refractivity contribution in [1.82, 2.24) is 15.0 Å². The normalized spacial score (nSPS) is 20.7. The average molecular weight is 339 g/mol. The lowest BCUT2D eigenvalue weighted by Crippen LogP contribution is -2.44. The second kappa shape index (κ2) is 7.66. The molecule has 0 spiro atoms. The van der Waals surface area contributed by atoms with E-state index in [1.807, 2.05) is 6.26 Å². The summed E-state index contributed by atoms with van der Waals surface area (Å²) in [6.07, 6.45) is 6.71. The first-order valence-corrected chi connectivity index (χ1v) is 9.85. The summed E-state index contributed by atoms with van der Waals surface area (Å²) in [7, 11) is 0. The van der Waals surface area contributed by atoms with E-state index in [1.54, 1.807) is 16.7 Å². The Labute approximate surface area is 141 Å². The second-order valence-electron chi connectivity index (χ2n) is 6.59. The Kier molecular flexibility index (Phi) is 5.58. The largest absolute Gasteiger partial charge is 0.383 e. The fraction of sp³-hybridized carbons (Fsp3) is 0.812. The summed E-state index contributed by atoms with van der Waals surface area (Å²) in [6, 6.07) is 0. The lowest BCUT2D eigenvalue weighted by molar-refractivity contribution is -0.141. The van der Waals surface area contributed by atoms with Crippen LogP contribution in [0, 0.1) is 5.92 Å². The average Bonchev–Trinajstić information content (AvgIpc) is 3.32. The van der Waals surface area contributed by atoms with Gasteiger partial charge in [-0.05, 0) is 50.0 Å². The molecule has 7 heteroatoms. The maximum atomic E-state index is 12.2. The van der Waals surface area contributed by atoms with Crippen molar-refractivity contribution in [1.29, 1.82) is 0 Å². The Balaban J connectivity index is 1.43. The van der Waals surface area contributed by atoms with E-state index >= 15 is 0 Å². The van der Waals surface area contributed by atoms with Crippen LogP contribution in [0.3, 0.4) is 0 Å². The van der Waals surface area contributed by atoms with Crippen molar-refractivity contribution in [2.45, 2.75) is 50.5 Å². The number of likely N-dealkylation sites (tertiary alicyclic amines) is 1. The zero-order valence-electron chi connectivity index (χ0n) is 13.6. The first kappa shape index (κ1) is 16.8. The third-order valence-electron chi connectivity index (χ3n) is 4.69. The maximum absolute atomic E-state index is 12.2. The first-order valence-electron chi connectivity index (χ1n) is 8.45. The van der Waals surface area contributed by atoms with Gasteiger partial charge >= 0.3 is 0 Å². The van der Waals surface area contributed by atoms with Crippen LogP contribution in [0.4, 0.5) is 0 Å². The van der Waals surface area contributed by atoms with Gasteiger partial charge in [0, 0.05) is 25.4 Å². The van der Waals surface area contributed by atoms with Gasteiger partial charge in [0.25, 0.3) is 5.91 Å². The Morgan fingerprint density at radius 1 is 1.39 bits per heavy atom. The number of hydrogen-bond donors (Lipinski definition) is 1. The summed E-state index contributed by atoms with van der Waals surface area (Å²) in [5.41, 5.74) is 0. The van der Waals surface area contributed by atoms with E-state index in [0.29, 0.717) is 31.3 Å². The molecule has 128 valence electrons. The lowest BCUT2D eigenvalue weighted by atomic mass is 9.93. The van der Waals surface area contributed by atoms with Gasteiger partial charge < -0.3 is 14.5 Å². The van der Waals surface area contributed by atoms with Gasteiger partial charge in [-0.2, -0.15) is 16.7 Å². The van der Waals surface area contributed by atoms with E-state index in [1.165, 1.54) is 12.8 Å². The van der Waals surface area contributed by atoms with E-state index in [9.17, 15) is 9.90 Å². The molecule has 2 aliphatic rings. The number of aliphatic hydroxyl groups excluding tert-OH is 1. The molecule has 23 heavy (non-hydrogen) atoms. The zero-order chi connectivity index (χ0) is 16.2. The van der Waals surface area contributed by atoms with Crippen molar-refractivity contribution in [2.75, 3.05) is 25.1 Å². The molecule has 0 radical (unpaired) electrons. The number of carbonyl (C=O) groups is 1. The van der Waals surface area contributed by atoms with Crippen LogP contribution in [0.1, 0.15) is 49.7 Å². The van der Waals surface area contributed by atoms with E-state index in [4.69, 9.17) is 4.52 Å². The van der Waals surface area contributed by atoms with Gasteiger partial charge in [-0.3, -0.25) is 4.79 Å². The zero-order valence-corrected chi connectivity index (χ0v) is 14.4. The van der Waals surface area contributed by atoms with Gasteiger partial charge in [0.1, 0.15) is 6.10 Å². The summed E-state index contributed by atoms with van der Waals surface area (Å²) >= 11 is 1.65. The van der Waals surface area contributed by atoms with Crippen LogP contribution in [0.5, 0.6) is 0 Å². The molecule has 1 aromatic rings. The quantitative estimate of drug-likeness (QED) is 0.816. The molecule has 2 fully saturated rings. The molecule has 1 N–H and O–H groups in total. The second-order valence-corrected chi connectivity index (χ2v) is 7.58.